The molecule has 9 heteroatoms. The molecule has 0 spiro atoms. The van der Waals surface area contributed by atoms with Crippen LogP contribution < -0.4 is 10.6 Å². The second-order valence-electron chi connectivity index (χ2n) is 5.52. The maximum Gasteiger partial charge on any atom is 0.411 e. The van der Waals surface area contributed by atoms with Crippen molar-refractivity contribution >= 4 is 35.0 Å². The van der Waals surface area contributed by atoms with Crippen molar-refractivity contribution in [3.63, 3.8) is 0 Å². The highest BCUT2D eigenvalue weighted by Gasteiger charge is 2.15. The van der Waals surface area contributed by atoms with Gasteiger partial charge in [-0.2, -0.15) is 0 Å². The van der Waals surface area contributed by atoms with E-state index in [9.17, 15) is 9.59 Å². The molecule has 3 aromatic rings. The first-order valence-corrected chi connectivity index (χ1v) is 8.30. The number of aryl methyl sites for hydroxylation is 1. The van der Waals surface area contributed by atoms with Crippen molar-refractivity contribution in [2.75, 3.05) is 17.7 Å². The maximum atomic E-state index is 12.4. The lowest BCUT2D eigenvalue weighted by molar-refractivity contribution is 0.101. The normalized spacial score (nSPS) is 10.3. The van der Waals surface area contributed by atoms with Crippen LogP contribution in [0.25, 0.3) is 5.69 Å². The van der Waals surface area contributed by atoms with E-state index >= 15 is 0 Å². The van der Waals surface area contributed by atoms with Crippen molar-refractivity contribution in [1.29, 1.82) is 0 Å². The van der Waals surface area contributed by atoms with Crippen molar-refractivity contribution in [2.24, 2.45) is 0 Å². The zero-order chi connectivity index (χ0) is 19.4. The van der Waals surface area contributed by atoms with Crippen molar-refractivity contribution in [1.82, 2.24) is 14.8 Å². The fourth-order valence-corrected chi connectivity index (χ4v) is 2.43. The Morgan fingerprint density at radius 2 is 1.59 bits per heavy atom. The van der Waals surface area contributed by atoms with Gasteiger partial charge >= 0.3 is 6.09 Å². The molecule has 0 aliphatic carbocycles. The van der Waals surface area contributed by atoms with Gasteiger partial charge in [0.25, 0.3) is 5.91 Å². The van der Waals surface area contributed by atoms with Crippen LogP contribution in [0.2, 0.25) is 5.02 Å². The van der Waals surface area contributed by atoms with Gasteiger partial charge in [0.15, 0.2) is 0 Å². The van der Waals surface area contributed by atoms with Crippen molar-refractivity contribution in [3.8, 4) is 5.69 Å². The Morgan fingerprint density at radius 1 is 1.00 bits per heavy atom. The van der Waals surface area contributed by atoms with E-state index in [1.54, 1.807) is 60.1 Å². The third kappa shape index (κ3) is 4.42. The Morgan fingerprint density at radius 3 is 2.19 bits per heavy atom. The zero-order valence-corrected chi connectivity index (χ0v) is 15.3. The van der Waals surface area contributed by atoms with Crippen LogP contribution in [0.4, 0.5) is 16.2 Å². The number of rotatable bonds is 4. The summed E-state index contributed by atoms with van der Waals surface area (Å²) in [6, 6.07) is 13.6. The van der Waals surface area contributed by atoms with Crippen LogP contribution in [0.1, 0.15) is 16.4 Å². The summed E-state index contributed by atoms with van der Waals surface area (Å²) in [4.78, 5) is 27.8. The molecule has 0 bridgehead atoms. The Balaban J connectivity index is 1.72. The van der Waals surface area contributed by atoms with Gasteiger partial charge in [-0.3, -0.25) is 10.1 Å². The Bertz CT molecular complexity index is 968. The summed E-state index contributed by atoms with van der Waals surface area (Å²) < 4.78 is 6.08. The van der Waals surface area contributed by atoms with Gasteiger partial charge in [0, 0.05) is 16.4 Å². The SMILES string of the molecule is COC(=O)Nc1ccc(NC(=O)c2nc(C)n(-c3ccc(Cl)cc3)n2)cc1. The smallest absolute Gasteiger partial charge is 0.411 e. The summed E-state index contributed by atoms with van der Waals surface area (Å²) in [5.74, 6) is 0.166. The third-order valence-electron chi connectivity index (χ3n) is 3.62. The standard InChI is InChI=1S/C18H16ClN5O3/c1-11-20-16(23-24(11)15-9-3-12(19)4-10-15)17(25)21-13-5-7-14(8-6-13)22-18(26)27-2/h3-10H,1-2H3,(H,21,25)(H,22,26). The molecule has 3 rings (SSSR count). The number of aromatic nitrogens is 3. The molecule has 0 atom stereocenters. The minimum Gasteiger partial charge on any atom is -0.453 e. The molecule has 2 aromatic carbocycles. The first kappa shape index (κ1) is 18.4. The van der Waals surface area contributed by atoms with Crippen LogP contribution in [-0.2, 0) is 4.74 Å². The molecule has 0 saturated carbocycles. The van der Waals surface area contributed by atoms with E-state index in [2.05, 4.69) is 25.5 Å². The highest BCUT2D eigenvalue weighted by molar-refractivity contribution is 6.30. The molecule has 0 fully saturated rings. The number of carbonyl (C=O) groups excluding carboxylic acids is 2. The monoisotopic (exact) mass is 385 g/mol. The molecule has 2 amide bonds. The van der Waals surface area contributed by atoms with Gasteiger partial charge in [-0.1, -0.05) is 11.6 Å². The number of hydrogen-bond acceptors (Lipinski definition) is 5. The predicted octanol–water partition coefficient (Wildman–Crippen LogP) is 3.66. The number of methoxy groups -OCH3 is 1. The van der Waals surface area contributed by atoms with Gasteiger partial charge < -0.3 is 10.1 Å². The van der Waals surface area contributed by atoms with Gasteiger partial charge in [-0.15, -0.1) is 5.10 Å². The summed E-state index contributed by atoms with van der Waals surface area (Å²) in [5, 5.41) is 10.1. The van der Waals surface area contributed by atoms with Gasteiger partial charge in [-0.25, -0.2) is 14.5 Å². The molecular weight excluding hydrogens is 370 g/mol. The average molecular weight is 386 g/mol. The molecule has 0 aliphatic heterocycles. The fraction of sp³-hybridized carbons (Fsp3) is 0.111. The van der Waals surface area contributed by atoms with Crippen LogP contribution >= 0.6 is 11.6 Å². The van der Waals surface area contributed by atoms with E-state index in [-0.39, 0.29) is 5.82 Å². The molecule has 0 aliphatic rings. The number of halogens is 1. The molecular formula is C18H16ClN5O3. The predicted molar refractivity (Wildman–Crippen MR) is 102 cm³/mol. The highest BCUT2D eigenvalue weighted by Crippen LogP contribution is 2.16. The summed E-state index contributed by atoms with van der Waals surface area (Å²) in [5.41, 5.74) is 1.83. The van der Waals surface area contributed by atoms with Crippen molar-refractivity contribution < 1.29 is 14.3 Å². The van der Waals surface area contributed by atoms with E-state index in [0.717, 1.165) is 5.69 Å². The molecule has 1 aromatic heterocycles. The molecule has 2 N–H and O–H groups in total. The molecule has 138 valence electrons. The Labute approximate surface area is 160 Å². The number of nitrogens with zero attached hydrogens (tertiary/aromatic N) is 3. The van der Waals surface area contributed by atoms with E-state index in [1.165, 1.54) is 7.11 Å². The first-order chi connectivity index (χ1) is 13.0. The highest BCUT2D eigenvalue weighted by atomic mass is 35.5. The number of ether oxygens (including phenoxy) is 1. The van der Waals surface area contributed by atoms with Gasteiger partial charge in [0.1, 0.15) is 5.82 Å². The number of anilines is 2. The van der Waals surface area contributed by atoms with Gasteiger partial charge in [0.2, 0.25) is 5.82 Å². The lowest BCUT2D eigenvalue weighted by Crippen LogP contribution is -2.14. The minimum atomic E-state index is -0.570. The first-order valence-electron chi connectivity index (χ1n) is 7.92. The van der Waals surface area contributed by atoms with Gasteiger partial charge in [-0.05, 0) is 55.5 Å². The molecule has 0 saturated heterocycles. The van der Waals surface area contributed by atoms with Crippen LogP contribution in [0, 0.1) is 6.92 Å². The van der Waals surface area contributed by atoms with Crippen LogP contribution in [0.5, 0.6) is 0 Å². The molecule has 27 heavy (non-hydrogen) atoms. The van der Waals surface area contributed by atoms with Crippen LogP contribution in [0.15, 0.2) is 48.5 Å². The molecule has 1 heterocycles. The topological polar surface area (TPSA) is 98.1 Å². The Hall–Kier alpha value is -3.39. The summed E-state index contributed by atoms with van der Waals surface area (Å²) in [6.07, 6.45) is -0.570. The van der Waals surface area contributed by atoms with Crippen LogP contribution in [0.3, 0.4) is 0 Å². The molecule has 0 radical (unpaired) electrons. The van der Waals surface area contributed by atoms with E-state index in [0.29, 0.717) is 22.2 Å². The summed E-state index contributed by atoms with van der Waals surface area (Å²) in [6.45, 7) is 1.76. The number of amides is 2. The zero-order valence-electron chi connectivity index (χ0n) is 14.6. The molecule has 8 nitrogen and oxygen atoms in total. The van der Waals surface area contributed by atoms with Gasteiger partial charge in [0.05, 0.1) is 12.8 Å². The summed E-state index contributed by atoms with van der Waals surface area (Å²) >= 11 is 5.89. The maximum absolute atomic E-state index is 12.4. The lowest BCUT2D eigenvalue weighted by atomic mass is 10.3. The average Bonchev–Trinajstić information content (AvgIpc) is 3.06. The number of benzene rings is 2. The lowest BCUT2D eigenvalue weighted by Gasteiger charge is -2.06. The quantitative estimate of drug-likeness (QED) is 0.714. The Kier molecular flexibility index (Phi) is 5.37. The van der Waals surface area contributed by atoms with Crippen LogP contribution in [-0.4, -0.2) is 33.9 Å². The van der Waals surface area contributed by atoms with Crippen molar-refractivity contribution in [3.05, 3.63) is 65.2 Å². The number of hydrogen-bond donors (Lipinski definition) is 2. The van der Waals surface area contributed by atoms with E-state index < -0.39 is 12.0 Å². The second-order valence-corrected chi connectivity index (χ2v) is 5.96. The van der Waals surface area contributed by atoms with E-state index in [4.69, 9.17) is 11.6 Å². The fourth-order valence-electron chi connectivity index (χ4n) is 2.31. The summed E-state index contributed by atoms with van der Waals surface area (Å²) in [7, 11) is 1.28. The third-order valence-corrected chi connectivity index (χ3v) is 3.87. The largest absolute Gasteiger partial charge is 0.453 e. The van der Waals surface area contributed by atoms with Crippen molar-refractivity contribution in [2.45, 2.75) is 6.92 Å². The number of carbonyl (C=O) groups is 2. The van der Waals surface area contributed by atoms with E-state index in [1.807, 2.05) is 0 Å². The second kappa shape index (κ2) is 7.88. The number of nitrogens with one attached hydrogen (secondary N) is 2. The molecule has 0 unspecified atom stereocenters. The minimum absolute atomic E-state index is 0.0409.